The lowest BCUT2D eigenvalue weighted by molar-refractivity contribution is -0.0557. The van der Waals surface area contributed by atoms with Gasteiger partial charge in [0, 0.05) is 37.4 Å². The molecule has 2 fully saturated rings. The van der Waals surface area contributed by atoms with Crippen LogP contribution in [0.15, 0.2) is 0 Å². The van der Waals surface area contributed by atoms with Crippen molar-refractivity contribution in [1.29, 1.82) is 0 Å². The van der Waals surface area contributed by atoms with Crippen molar-refractivity contribution >= 4 is 0 Å². The Morgan fingerprint density at radius 3 is 1.93 bits per heavy atom. The fraction of sp³-hybridized carbons (Fsp3) is 1.00. The van der Waals surface area contributed by atoms with Crippen molar-refractivity contribution in [3.8, 4) is 0 Å². The number of aliphatic hydroxyl groups is 4. The van der Waals surface area contributed by atoms with Crippen molar-refractivity contribution in [3.05, 3.63) is 0 Å². The van der Waals surface area contributed by atoms with Crippen LogP contribution >= 0.6 is 0 Å². The maximum Gasteiger partial charge on any atom is 0.0634 e. The fourth-order valence-corrected chi connectivity index (χ4v) is 6.27. The van der Waals surface area contributed by atoms with Gasteiger partial charge in [0.25, 0.3) is 0 Å². The predicted octanol–water partition coefficient (Wildman–Crippen LogP) is 3.43. The number of nitrogens with zero attached hydrogens (tertiary/aromatic N) is 1. The van der Waals surface area contributed by atoms with E-state index < -0.39 is 24.4 Å². The molecule has 0 aromatic heterocycles. The molecule has 0 saturated heterocycles. The van der Waals surface area contributed by atoms with Crippen molar-refractivity contribution in [2.75, 3.05) is 19.6 Å². The van der Waals surface area contributed by atoms with Crippen LogP contribution in [0.25, 0.3) is 0 Å². The molecular formula is C25H49NO4. The standard InChI is InChI=1S/C25H49NO4/c1-5-9-17(7-3)14-26(16-19-13-24(29)20(8-4)25(19)30)15-18-11-22(27)21(10-6-2)23(28)12-18/h17-25,27-30H,5-16H2,1-4H3. The average molecular weight is 428 g/mol. The molecule has 2 saturated carbocycles. The van der Waals surface area contributed by atoms with Crippen LogP contribution < -0.4 is 0 Å². The number of rotatable bonds is 12. The monoisotopic (exact) mass is 427 g/mol. The normalized spacial score (nSPS) is 38.3. The minimum absolute atomic E-state index is 0.0115. The average Bonchev–Trinajstić information content (AvgIpc) is 2.96. The van der Waals surface area contributed by atoms with Gasteiger partial charge in [-0.3, -0.25) is 0 Å². The molecule has 0 amide bonds. The van der Waals surface area contributed by atoms with Gasteiger partial charge < -0.3 is 25.3 Å². The van der Waals surface area contributed by atoms with Gasteiger partial charge in [-0.1, -0.05) is 47.0 Å². The minimum atomic E-state index is -0.435. The minimum Gasteiger partial charge on any atom is -0.393 e. The van der Waals surface area contributed by atoms with E-state index in [2.05, 4.69) is 25.7 Å². The van der Waals surface area contributed by atoms with Gasteiger partial charge in [-0.25, -0.2) is 0 Å². The van der Waals surface area contributed by atoms with Gasteiger partial charge in [-0.05, 0) is 50.4 Å². The third-order valence-electron chi connectivity index (χ3n) is 7.99. The molecular weight excluding hydrogens is 378 g/mol. The molecule has 0 aliphatic heterocycles. The Hall–Kier alpha value is -0.200. The van der Waals surface area contributed by atoms with E-state index in [9.17, 15) is 20.4 Å². The van der Waals surface area contributed by atoms with E-state index in [0.29, 0.717) is 12.3 Å². The quantitative estimate of drug-likeness (QED) is 0.383. The molecule has 2 aliphatic rings. The summed E-state index contributed by atoms with van der Waals surface area (Å²) in [5.41, 5.74) is 0. The van der Waals surface area contributed by atoms with Crippen LogP contribution in [0.5, 0.6) is 0 Å². The molecule has 0 heterocycles. The first-order valence-corrected chi connectivity index (χ1v) is 12.8. The van der Waals surface area contributed by atoms with E-state index in [1.54, 1.807) is 0 Å². The number of hydrogen-bond acceptors (Lipinski definition) is 5. The zero-order chi connectivity index (χ0) is 22.3. The lowest BCUT2D eigenvalue weighted by Gasteiger charge is -2.40. The third kappa shape index (κ3) is 6.90. The highest BCUT2D eigenvalue weighted by Crippen LogP contribution is 2.36. The van der Waals surface area contributed by atoms with Gasteiger partial charge in [-0.2, -0.15) is 0 Å². The van der Waals surface area contributed by atoms with E-state index >= 15 is 0 Å². The van der Waals surface area contributed by atoms with E-state index in [1.165, 1.54) is 12.8 Å². The second kappa shape index (κ2) is 12.7. The maximum absolute atomic E-state index is 10.8. The Labute approximate surface area is 184 Å². The third-order valence-corrected chi connectivity index (χ3v) is 7.99. The fourth-order valence-electron chi connectivity index (χ4n) is 6.27. The van der Waals surface area contributed by atoms with Crippen LogP contribution in [0, 0.1) is 29.6 Å². The summed E-state index contributed by atoms with van der Waals surface area (Å²) >= 11 is 0. The van der Waals surface area contributed by atoms with E-state index in [4.69, 9.17) is 0 Å². The van der Waals surface area contributed by atoms with Gasteiger partial charge >= 0.3 is 0 Å². The van der Waals surface area contributed by atoms with E-state index in [0.717, 1.165) is 58.2 Å². The Balaban J connectivity index is 2.04. The van der Waals surface area contributed by atoms with Crippen LogP contribution in [0.4, 0.5) is 0 Å². The molecule has 0 bridgehead atoms. The van der Waals surface area contributed by atoms with Gasteiger partial charge in [0.05, 0.1) is 24.4 Å². The van der Waals surface area contributed by atoms with E-state index in [-0.39, 0.29) is 23.7 Å². The van der Waals surface area contributed by atoms with Gasteiger partial charge in [0.1, 0.15) is 0 Å². The van der Waals surface area contributed by atoms with Gasteiger partial charge in [0.2, 0.25) is 0 Å². The summed E-state index contributed by atoms with van der Waals surface area (Å²) in [6, 6.07) is 0. The molecule has 0 spiro atoms. The van der Waals surface area contributed by atoms with Gasteiger partial charge in [0.15, 0.2) is 0 Å². The smallest absolute Gasteiger partial charge is 0.0634 e. The molecule has 30 heavy (non-hydrogen) atoms. The first-order valence-electron chi connectivity index (χ1n) is 12.8. The molecule has 7 unspecified atom stereocenters. The molecule has 0 radical (unpaired) electrons. The molecule has 2 aliphatic carbocycles. The summed E-state index contributed by atoms with van der Waals surface area (Å²) in [5, 5.41) is 42.4. The SMILES string of the molecule is CCCC(CC)CN(CC1CC(O)C(CCC)C(O)C1)CC1CC(O)C(CC)C1O. The number of hydrogen-bond donors (Lipinski definition) is 4. The lowest BCUT2D eigenvalue weighted by atomic mass is 9.75. The Morgan fingerprint density at radius 2 is 1.43 bits per heavy atom. The van der Waals surface area contributed by atoms with Gasteiger partial charge in [-0.15, -0.1) is 0 Å². The Kier molecular flexibility index (Phi) is 11.1. The lowest BCUT2D eigenvalue weighted by Crippen LogP contribution is -2.45. The van der Waals surface area contributed by atoms with E-state index in [1.807, 2.05) is 6.92 Å². The highest BCUT2D eigenvalue weighted by Gasteiger charge is 2.42. The number of aliphatic hydroxyl groups excluding tert-OH is 4. The summed E-state index contributed by atoms with van der Waals surface area (Å²) in [5.74, 6) is 1.03. The second-order valence-corrected chi connectivity index (χ2v) is 10.3. The summed E-state index contributed by atoms with van der Waals surface area (Å²) < 4.78 is 0. The Morgan fingerprint density at radius 1 is 0.800 bits per heavy atom. The van der Waals surface area contributed by atoms with Crippen molar-refractivity contribution in [2.24, 2.45) is 29.6 Å². The largest absolute Gasteiger partial charge is 0.393 e. The first-order chi connectivity index (χ1) is 14.3. The second-order valence-electron chi connectivity index (χ2n) is 10.3. The summed E-state index contributed by atoms with van der Waals surface area (Å²) in [7, 11) is 0. The molecule has 2 rings (SSSR count). The topological polar surface area (TPSA) is 84.2 Å². The van der Waals surface area contributed by atoms with Crippen molar-refractivity contribution < 1.29 is 20.4 Å². The maximum atomic E-state index is 10.8. The summed E-state index contributed by atoms with van der Waals surface area (Å²) in [4.78, 5) is 2.48. The Bertz CT molecular complexity index is 464. The first kappa shape index (κ1) is 26.1. The molecule has 5 heteroatoms. The van der Waals surface area contributed by atoms with Crippen molar-refractivity contribution in [1.82, 2.24) is 4.90 Å². The molecule has 7 atom stereocenters. The highest BCUT2D eigenvalue weighted by molar-refractivity contribution is 4.93. The molecule has 4 N–H and O–H groups in total. The van der Waals surface area contributed by atoms with Crippen LogP contribution in [0.1, 0.15) is 85.5 Å². The van der Waals surface area contributed by atoms with Crippen LogP contribution in [0.2, 0.25) is 0 Å². The molecule has 5 nitrogen and oxygen atoms in total. The highest BCUT2D eigenvalue weighted by atomic mass is 16.3. The predicted molar refractivity (Wildman–Crippen MR) is 122 cm³/mol. The zero-order valence-electron chi connectivity index (χ0n) is 19.9. The zero-order valence-corrected chi connectivity index (χ0v) is 19.9. The summed E-state index contributed by atoms with van der Waals surface area (Å²) in [6.07, 6.45) is 6.74. The molecule has 0 aromatic rings. The van der Waals surface area contributed by atoms with Crippen LogP contribution in [-0.2, 0) is 0 Å². The molecule has 178 valence electrons. The summed E-state index contributed by atoms with van der Waals surface area (Å²) in [6.45, 7) is 11.3. The van der Waals surface area contributed by atoms with Crippen LogP contribution in [-0.4, -0.2) is 69.4 Å². The molecule has 0 aromatic carbocycles. The van der Waals surface area contributed by atoms with Crippen molar-refractivity contribution in [2.45, 2.75) is 110 Å². The van der Waals surface area contributed by atoms with Crippen molar-refractivity contribution in [3.63, 3.8) is 0 Å². The van der Waals surface area contributed by atoms with Crippen LogP contribution in [0.3, 0.4) is 0 Å².